The lowest BCUT2D eigenvalue weighted by Gasteiger charge is -2.10. The lowest BCUT2D eigenvalue weighted by molar-refractivity contribution is -0.119. The number of nitrogens with one attached hydrogen (secondary N) is 1. The Morgan fingerprint density at radius 3 is 2.77 bits per heavy atom. The maximum atomic E-state index is 11.8. The summed E-state index contributed by atoms with van der Waals surface area (Å²) in [6.07, 6.45) is 1.38. The van der Waals surface area contributed by atoms with E-state index < -0.39 is 18.5 Å². The molecule has 1 aromatic carbocycles. The maximum absolute atomic E-state index is 11.8. The van der Waals surface area contributed by atoms with Gasteiger partial charge in [-0.15, -0.1) is 0 Å². The number of anilines is 1. The van der Waals surface area contributed by atoms with Gasteiger partial charge >= 0.3 is 5.97 Å². The fraction of sp³-hybridized carbons (Fsp3) is 0.133. The molecule has 22 heavy (non-hydrogen) atoms. The fourth-order valence-corrected chi connectivity index (χ4v) is 2.02. The molecule has 7 heteroatoms. The number of halogens is 2. The number of pyridine rings is 1. The standard InChI is InChI=1S/C15H12Cl2N2O3/c1-9-11(16)3-2-4-12(9)19-14(20)8-22-15(21)10-5-6-18-13(17)7-10/h2-7H,8H2,1H3,(H,19,20). The van der Waals surface area contributed by atoms with E-state index >= 15 is 0 Å². The van der Waals surface area contributed by atoms with Crippen LogP contribution in [0.25, 0.3) is 0 Å². The molecule has 0 bridgehead atoms. The molecule has 0 spiro atoms. The fourth-order valence-electron chi connectivity index (χ4n) is 1.67. The van der Waals surface area contributed by atoms with Gasteiger partial charge in [0.1, 0.15) is 5.15 Å². The second kappa shape index (κ2) is 7.24. The Morgan fingerprint density at radius 2 is 2.05 bits per heavy atom. The quantitative estimate of drug-likeness (QED) is 0.684. The lowest BCUT2D eigenvalue weighted by Crippen LogP contribution is -2.21. The highest BCUT2D eigenvalue weighted by atomic mass is 35.5. The average Bonchev–Trinajstić information content (AvgIpc) is 2.49. The summed E-state index contributed by atoms with van der Waals surface area (Å²) in [5.74, 6) is -1.11. The Morgan fingerprint density at radius 1 is 1.27 bits per heavy atom. The zero-order valence-corrected chi connectivity index (χ0v) is 13.1. The number of carbonyl (C=O) groups is 2. The summed E-state index contributed by atoms with van der Waals surface area (Å²) >= 11 is 11.6. The molecule has 2 aromatic rings. The number of ether oxygens (including phenoxy) is 1. The van der Waals surface area contributed by atoms with Crippen LogP contribution in [0.5, 0.6) is 0 Å². The van der Waals surface area contributed by atoms with Gasteiger partial charge in [0.05, 0.1) is 5.56 Å². The van der Waals surface area contributed by atoms with Gasteiger partial charge in [-0.2, -0.15) is 0 Å². The van der Waals surface area contributed by atoms with E-state index in [1.54, 1.807) is 25.1 Å². The van der Waals surface area contributed by atoms with Gasteiger partial charge in [-0.25, -0.2) is 9.78 Å². The van der Waals surface area contributed by atoms with E-state index in [0.717, 1.165) is 5.56 Å². The van der Waals surface area contributed by atoms with Gasteiger partial charge in [0, 0.05) is 16.9 Å². The van der Waals surface area contributed by atoms with E-state index in [0.29, 0.717) is 10.7 Å². The maximum Gasteiger partial charge on any atom is 0.338 e. The first-order valence-corrected chi connectivity index (χ1v) is 7.06. The van der Waals surface area contributed by atoms with Gasteiger partial charge in [-0.1, -0.05) is 29.3 Å². The van der Waals surface area contributed by atoms with Crippen molar-refractivity contribution in [2.45, 2.75) is 6.92 Å². The molecule has 1 N–H and O–H groups in total. The highest BCUT2D eigenvalue weighted by Crippen LogP contribution is 2.22. The third-order valence-electron chi connectivity index (χ3n) is 2.84. The number of esters is 1. The molecule has 0 unspecified atom stereocenters. The minimum absolute atomic E-state index is 0.174. The molecule has 0 aliphatic rings. The van der Waals surface area contributed by atoms with Crippen LogP contribution in [0.4, 0.5) is 5.69 Å². The third-order valence-corrected chi connectivity index (χ3v) is 3.45. The normalized spacial score (nSPS) is 10.1. The van der Waals surface area contributed by atoms with Crippen LogP contribution in [-0.2, 0) is 9.53 Å². The summed E-state index contributed by atoms with van der Waals surface area (Å²) in [6, 6.07) is 7.97. The molecular weight excluding hydrogens is 327 g/mol. The number of benzene rings is 1. The van der Waals surface area contributed by atoms with Crippen LogP contribution < -0.4 is 5.32 Å². The largest absolute Gasteiger partial charge is 0.452 e. The number of carbonyl (C=O) groups excluding carboxylic acids is 2. The van der Waals surface area contributed by atoms with Gasteiger partial charge in [0.2, 0.25) is 0 Å². The zero-order valence-electron chi connectivity index (χ0n) is 11.6. The number of nitrogens with zero attached hydrogens (tertiary/aromatic N) is 1. The van der Waals surface area contributed by atoms with Crippen molar-refractivity contribution in [1.29, 1.82) is 0 Å². The SMILES string of the molecule is Cc1c(Cl)cccc1NC(=O)COC(=O)c1ccnc(Cl)c1. The van der Waals surface area contributed by atoms with Crippen LogP contribution in [0.2, 0.25) is 10.2 Å². The first-order valence-electron chi connectivity index (χ1n) is 6.31. The van der Waals surface area contributed by atoms with Crippen molar-refractivity contribution >= 4 is 40.8 Å². The second-order valence-electron chi connectivity index (χ2n) is 4.40. The molecule has 0 aliphatic heterocycles. The first kappa shape index (κ1) is 16.3. The average molecular weight is 339 g/mol. The van der Waals surface area contributed by atoms with E-state index in [9.17, 15) is 9.59 Å². The summed E-state index contributed by atoms with van der Waals surface area (Å²) in [4.78, 5) is 27.3. The van der Waals surface area contributed by atoms with E-state index in [1.807, 2.05) is 0 Å². The van der Waals surface area contributed by atoms with Crippen molar-refractivity contribution in [1.82, 2.24) is 4.98 Å². The van der Waals surface area contributed by atoms with Crippen molar-refractivity contribution in [3.8, 4) is 0 Å². The highest BCUT2D eigenvalue weighted by Gasteiger charge is 2.12. The summed E-state index contributed by atoms with van der Waals surface area (Å²) in [6.45, 7) is 1.37. The van der Waals surface area contributed by atoms with E-state index in [2.05, 4.69) is 10.3 Å². The molecule has 1 aromatic heterocycles. The van der Waals surface area contributed by atoms with Crippen LogP contribution in [0.1, 0.15) is 15.9 Å². The molecule has 0 aliphatic carbocycles. The summed E-state index contributed by atoms with van der Waals surface area (Å²) in [5.41, 5.74) is 1.54. The van der Waals surface area contributed by atoms with Crippen molar-refractivity contribution in [3.05, 3.63) is 57.8 Å². The molecule has 5 nitrogen and oxygen atoms in total. The Kier molecular flexibility index (Phi) is 5.35. The van der Waals surface area contributed by atoms with Crippen LogP contribution >= 0.6 is 23.2 Å². The van der Waals surface area contributed by atoms with E-state index in [-0.39, 0.29) is 10.7 Å². The van der Waals surface area contributed by atoms with Gasteiger partial charge < -0.3 is 10.1 Å². The lowest BCUT2D eigenvalue weighted by atomic mass is 10.2. The van der Waals surface area contributed by atoms with Gasteiger partial charge in [-0.05, 0) is 36.8 Å². The highest BCUT2D eigenvalue weighted by molar-refractivity contribution is 6.31. The van der Waals surface area contributed by atoms with Crippen LogP contribution in [0.3, 0.4) is 0 Å². The van der Waals surface area contributed by atoms with Crippen molar-refractivity contribution in [3.63, 3.8) is 0 Å². The molecule has 0 fully saturated rings. The number of aromatic nitrogens is 1. The van der Waals surface area contributed by atoms with Crippen molar-refractivity contribution in [2.75, 3.05) is 11.9 Å². The first-order chi connectivity index (χ1) is 10.5. The summed E-state index contributed by atoms with van der Waals surface area (Å²) < 4.78 is 4.92. The molecule has 0 radical (unpaired) electrons. The predicted molar refractivity (Wildman–Crippen MR) is 84.3 cm³/mol. The summed E-state index contributed by atoms with van der Waals surface area (Å²) in [5, 5.41) is 3.35. The summed E-state index contributed by atoms with van der Waals surface area (Å²) in [7, 11) is 0. The molecule has 0 saturated carbocycles. The Hall–Kier alpha value is -2.11. The molecule has 2 rings (SSSR count). The third kappa shape index (κ3) is 4.19. The molecule has 1 heterocycles. The zero-order chi connectivity index (χ0) is 16.1. The van der Waals surface area contributed by atoms with Crippen LogP contribution in [-0.4, -0.2) is 23.5 Å². The van der Waals surface area contributed by atoms with E-state index in [4.69, 9.17) is 27.9 Å². The van der Waals surface area contributed by atoms with Crippen LogP contribution in [0.15, 0.2) is 36.5 Å². The van der Waals surface area contributed by atoms with Crippen molar-refractivity contribution < 1.29 is 14.3 Å². The monoisotopic (exact) mass is 338 g/mol. The smallest absolute Gasteiger partial charge is 0.338 e. The number of rotatable bonds is 4. The van der Waals surface area contributed by atoms with Gasteiger partial charge in [-0.3, -0.25) is 4.79 Å². The van der Waals surface area contributed by atoms with Gasteiger partial charge in [0.15, 0.2) is 6.61 Å². The Labute approximate surface area is 137 Å². The Bertz CT molecular complexity index is 720. The number of hydrogen-bond donors (Lipinski definition) is 1. The van der Waals surface area contributed by atoms with E-state index in [1.165, 1.54) is 18.3 Å². The molecule has 0 atom stereocenters. The minimum Gasteiger partial charge on any atom is -0.452 e. The van der Waals surface area contributed by atoms with Gasteiger partial charge in [0.25, 0.3) is 5.91 Å². The Balaban J connectivity index is 1.93. The second-order valence-corrected chi connectivity index (χ2v) is 5.20. The van der Waals surface area contributed by atoms with Crippen molar-refractivity contribution in [2.24, 2.45) is 0 Å². The molecule has 1 amide bonds. The number of amides is 1. The topological polar surface area (TPSA) is 68.3 Å². The number of hydrogen-bond acceptors (Lipinski definition) is 4. The molecule has 0 saturated heterocycles. The predicted octanol–water partition coefficient (Wildman–Crippen LogP) is 3.49. The van der Waals surface area contributed by atoms with Crippen LogP contribution in [0, 0.1) is 6.92 Å². The minimum atomic E-state index is -0.651. The molecule has 114 valence electrons. The molecular formula is C15H12Cl2N2O3.